The zero-order chi connectivity index (χ0) is 9.61. The van der Waals surface area contributed by atoms with E-state index in [-0.39, 0.29) is 0 Å². The fourth-order valence-electron chi connectivity index (χ4n) is 0.757. The molecule has 74 valence electrons. The van der Waals surface area contributed by atoms with Gasteiger partial charge in [-0.05, 0) is 6.92 Å². The molecule has 0 radical (unpaired) electrons. The van der Waals surface area contributed by atoms with Crippen LogP contribution >= 0.6 is 7.37 Å². The fourth-order valence-corrected chi connectivity index (χ4v) is 1.94. The summed E-state index contributed by atoms with van der Waals surface area (Å²) < 4.78 is 21.7. The average Bonchev–Trinajstić information content (AvgIpc) is 2.05. The summed E-state index contributed by atoms with van der Waals surface area (Å²) in [5.41, 5.74) is 5.40. The minimum atomic E-state index is -2.52. The average molecular weight is 195 g/mol. The first-order valence-corrected chi connectivity index (χ1v) is 6.21. The van der Waals surface area contributed by atoms with Gasteiger partial charge in [0.25, 0.3) is 0 Å². The first-order valence-electron chi connectivity index (χ1n) is 4.21. The van der Waals surface area contributed by atoms with Crippen LogP contribution in [0.15, 0.2) is 0 Å². The quantitative estimate of drug-likeness (QED) is 0.516. The molecule has 0 saturated heterocycles. The first kappa shape index (κ1) is 12.1. The van der Waals surface area contributed by atoms with Crippen LogP contribution in [0.4, 0.5) is 0 Å². The van der Waals surface area contributed by atoms with Gasteiger partial charge in [0.2, 0.25) is 13.8 Å². The summed E-state index contributed by atoms with van der Waals surface area (Å²) in [5.74, 6) is 0. The van der Waals surface area contributed by atoms with Crippen LogP contribution in [-0.2, 0) is 13.8 Å². The van der Waals surface area contributed by atoms with Crippen LogP contribution in [-0.4, -0.2) is 25.3 Å². The molecule has 1 atom stereocenters. The van der Waals surface area contributed by atoms with E-state index in [2.05, 4.69) is 0 Å². The lowest BCUT2D eigenvalue weighted by atomic mass is 10.9. The second-order valence-electron chi connectivity index (χ2n) is 2.38. The van der Waals surface area contributed by atoms with E-state index in [1.54, 1.807) is 0 Å². The molecular formula is C7H18NO3P. The molecule has 0 aliphatic heterocycles. The molecule has 2 N–H and O–H groups in total. The fraction of sp³-hybridized carbons (Fsp3) is 1.00. The smallest absolute Gasteiger partial charge is 0.219 e. The molecule has 0 aliphatic rings. The molecule has 0 rings (SSSR count). The third-order valence-corrected chi connectivity index (χ3v) is 4.11. The summed E-state index contributed by atoms with van der Waals surface area (Å²) in [5, 5.41) is 0. The molecule has 0 spiro atoms. The van der Waals surface area contributed by atoms with Crippen LogP contribution in [0.3, 0.4) is 0 Å². The minimum absolute atomic E-state index is 0.467. The number of hydrogen-bond donors (Lipinski definition) is 1. The van der Waals surface area contributed by atoms with Crippen molar-refractivity contribution in [2.75, 3.05) is 18.9 Å². The maximum absolute atomic E-state index is 11.7. The normalized spacial score (nSPS) is 14.7. The van der Waals surface area contributed by atoms with Gasteiger partial charge in [-0.1, -0.05) is 13.8 Å². The van der Waals surface area contributed by atoms with Gasteiger partial charge in [0, 0.05) is 18.9 Å². The van der Waals surface area contributed by atoms with Crippen molar-refractivity contribution in [2.45, 2.75) is 27.2 Å². The largest absolute Gasteiger partial charge is 0.340 e. The van der Waals surface area contributed by atoms with E-state index in [1.165, 1.54) is 0 Å². The Balaban J connectivity index is 3.94. The molecule has 0 aliphatic carbocycles. The van der Waals surface area contributed by atoms with Gasteiger partial charge in [-0.2, -0.15) is 0 Å². The second-order valence-corrected chi connectivity index (χ2v) is 5.48. The van der Waals surface area contributed by atoms with Crippen molar-refractivity contribution in [1.82, 2.24) is 0 Å². The van der Waals surface area contributed by atoms with E-state index in [4.69, 9.17) is 15.0 Å². The molecule has 5 heteroatoms. The van der Waals surface area contributed by atoms with Gasteiger partial charge in [0.05, 0.1) is 0 Å². The van der Waals surface area contributed by atoms with Gasteiger partial charge in [0.1, 0.15) is 0 Å². The van der Waals surface area contributed by atoms with Gasteiger partial charge in [0.15, 0.2) is 0 Å². The lowest BCUT2D eigenvalue weighted by Crippen LogP contribution is -2.26. The summed E-state index contributed by atoms with van der Waals surface area (Å²) in [6, 6.07) is 0. The molecule has 0 aromatic rings. The molecule has 0 fully saturated rings. The van der Waals surface area contributed by atoms with Crippen LogP contribution in [0.1, 0.15) is 20.8 Å². The Bertz CT molecular complexity index is 155. The van der Waals surface area contributed by atoms with Crippen LogP contribution in [0.2, 0.25) is 0 Å². The molecule has 0 aromatic carbocycles. The molecular weight excluding hydrogens is 177 g/mol. The molecule has 0 bridgehead atoms. The lowest BCUT2D eigenvalue weighted by molar-refractivity contribution is -0.0685. The Morgan fingerprint density at radius 2 is 1.83 bits per heavy atom. The van der Waals surface area contributed by atoms with Gasteiger partial charge in [-0.15, -0.1) is 0 Å². The first-order chi connectivity index (χ1) is 5.58. The van der Waals surface area contributed by atoms with Gasteiger partial charge < -0.3 is 4.74 Å². The van der Waals surface area contributed by atoms with Crippen molar-refractivity contribution in [3.8, 4) is 0 Å². The van der Waals surface area contributed by atoms with E-state index in [9.17, 15) is 4.57 Å². The zero-order valence-corrected chi connectivity index (χ0v) is 8.84. The highest BCUT2D eigenvalue weighted by Crippen LogP contribution is 2.46. The van der Waals surface area contributed by atoms with E-state index >= 15 is 0 Å². The molecule has 0 heterocycles. The standard InChI is InChI=1S/C7H18NO3P/c1-4-10-7(8)11-12(9,5-2)6-3/h7H,4-6,8H2,1-3H3. The highest BCUT2D eigenvalue weighted by Gasteiger charge is 2.21. The molecule has 12 heavy (non-hydrogen) atoms. The minimum Gasteiger partial charge on any atom is -0.340 e. The maximum Gasteiger partial charge on any atom is 0.219 e. The van der Waals surface area contributed by atoms with Crippen LogP contribution < -0.4 is 5.73 Å². The molecule has 0 amide bonds. The van der Waals surface area contributed by atoms with Crippen molar-refractivity contribution in [1.29, 1.82) is 0 Å². The molecule has 4 nitrogen and oxygen atoms in total. The summed E-state index contributed by atoms with van der Waals surface area (Å²) in [6.07, 6.45) is 0.162. The summed E-state index contributed by atoms with van der Waals surface area (Å²) in [7, 11) is -2.52. The summed E-state index contributed by atoms with van der Waals surface area (Å²) in [4.78, 5) is 0. The van der Waals surface area contributed by atoms with Crippen molar-refractivity contribution < 1.29 is 13.8 Å². The van der Waals surface area contributed by atoms with Crippen molar-refractivity contribution in [3.05, 3.63) is 0 Å². The van der Waals surface area contributed by atoms with E-state index in [0.717, 1.165) is 0 Å². The van der Waals surface area contributed by atoms with Crippen LogP contribution in [0, 0.1) is 0 Å². The third kappa shape index (κ3) is 4.21. The van der Waals surface area contributed by atoms with Crippen molar-refractivity contribution in [2.24, 2.45) is 5.73 Å². The van der Waals surface area contributed by atoms with Gasteiger partial charge >= 0.3 is 0 Å². The van der Waals surface area contributed by atoms with Crippen molar-refractivity contribution in [3.63, 3.8) is 0 Å². The lowest BCUT2D eigenvalue weighted by Gasteiger charge is -2.19. The predicted molar refractivity (Wildman–Crippen MR) is 49.4 cm³/mol. The Labute approximate surface area is 73.9 Å². The second kappa shape index (κ2) is 5.70. The van der Waals surface area contributed by atoms with Crippen LogP contribution in [0.5, 0.6) is 0 Å². The Hall–Kier alpha value is 0.110. The number of hydrogen-bond acceptors (Lipinski definition) is 4. The summed E-state index contributed by atoms with van der Waals surface area (Å²) >= 11 is 0. The van der Waals surface area contributed by atoms with E-state index < -0.39 is 13.8 Å². The SMILES string of the molecule is CCOC(N)OP(=O)(CC)CC. The van der Waals surface area contributed by atoms with Gasteiger partial charge in [-0.25, -0.2) is 0 Å². The predicted octanol–water partition coefficient (Wildman–Crippen LogP) is 1.60. The third-order valence-electron chi connectivity index (χ3n) is 1.59. The number of rotatable bonds is 6. The maximum atomic E-state index is 11.7. The highest BCUT2D eigenvalue weighted by molar-refractivity contribution is 7.58. The zero-order valence-electron chi connectivity index (χ0n) is 7.95. The highest BCUT2D eigenvalue weighted by atomic mass is 31.2. The number of ether oxygens (including phenoxy) is 1. The van der Waals surface area contributed by atoms with Crippen LogP contribution in [0.25, 0.3) is 0 Å². The Kier molecular flexibility index (Phi) is 5.76. The Morgan fingerprint density at radius 3 is 2.17 bits per heavy atom. The molecule has 1 unspecified atom stereocenters. The van der Waals surface area contributed by atoms with E-state index in [1.807, 2.05) is 20.8 Å². The van der Waals surface area contributed by atoms with E-state index in [0.29, 0.717) is 18.9 Å². The van der Waals surface area contributed by atoms with Crippen molar-refractivity contribution >= 4 is 7.37 Å². The Morgan fingerprint density at radius 1 is 1.33 bits per heavy atom. The number of nitrogens with two attached hydrogens (primary N) is 1. The molecule has 0 saturated carbocycles. The summed E-state index contributed by atoms with van der Waals surface area (Å²) in [6.45, 7) is 5.92. The molecule has 0 aromatic heterocycles. The topological polar surface area (TPSA) is 61.6 Å². The van der Waals surface area contributed by atoms with Gasteiger partial charge in [-0.3, -0.25) is 14.8 Å². The monoisotopic (exact) mass is 195 g/mol.